The molecule has 1 nitrogen and oxygen atoms in total. The molecule has 22 heavy (non-hydrogen) atoms. The molecule has 1 unspecified atom stereocenters. The number of hydrogen-bond acceptors (Lipinski definition) is 1. The zero-order valence-electron chi connectivity index (χ0n) is 15.8. The van der Waals surface area contributed by atoms with E-state index in [0.29, 0.717) is 6.10 Å². The van der Waals surface area contributed by atoms with Gasteiger partial charge in [0.1, 0.15) is 0 Å². The SMILES string of the molecule is CCCCCCCCCCCCC(C)O[Si]1(C)CCCCC1. The summed E-state index contributed by atoms with van der Waals surface area (Å²) < 4.78 is 6.50. The molecular formula is C20H42OSi. The van der Waals surface area contributed by atoms with Crippen molar-refractivity contribution in [1.82, 2.24) is 0 Å². The number of rotatable bonds is 13. The Bertz CT molecular complexity index is 248. The minimum absolute atomic E-state index is 0.517. The van der Waals surface area contributed by atoms with Crippen molar-refractivity contribution in [1.29, 1.82) is 0 Å². The molecule has 0 aliphatic carbocycles. The highest BCUT2D eigenvalue weighted by atomic mass is 28.4. The van der Waals surface area contributed by atoms with Gasteiger partial charge in [0.2, 0.25) is 0 Å². The maximum atomic E-state index is 6.50. The lowest BCUT2D eigenvalue weighted by Crippen LogP contribution is -2.39. The summed E-state index contributed by atoms with van der Waals surface area (Å²) in [5.41, 5.74) is 0. The third-order valence-electron chi connectivity index (χ3n) is 5.36. The zero-order valence-corrected chi connectivity index (χ0v) is 16.8. The van der Waals surface area contributed by atoms with Crippen LogP contribution in [0.25, 0.3) is 0 Å². The summed E-state index contributed by atoms with van der Waals surface area (Å²) >= 11 is 0. The largest absolute Gasteiger partial charge is 0.414 e. The van der Waals surface area contributed by atoms with Crippen molar-refractivity contribution in [3.8, 4) is 0 Å². The van der Waals surface area contributed by atoms with Crippen LogP contribution in [-0.4, -0.2) is 14.4 Å². The van der Waals surface area contributed by atoms with Gasteiger partial charge >= 0.3 is 0 Å². The Morgan fingerprint density at radius 3 is 1.82 bits per heavy atom. The lowest BCUT2D eigenvalue weighted by atomic mass is 10.1. The van der Waals surface area contributed by atoms with E-state index in [0.717, 1.165) is 0 Å². The highest BCUT2D eigenvalue weighted by Gasteiger charge is 2.32. The Labute approximate surface area is 141 Å². The minimum Gasteiger partial charge on any atom is -0.414 e. The highest BCUT2D eigenvalue weighted by Crippen LogP contribution is 2.31. The molecule has 132 valence electrons. The van der Waals surface area contributed by atoms with Crippen LogP contribution in [0.1, 0.15) is 104 Å². The quantitative estimate of drug-likeness (QED) is 0.252. The van der Waals surface area contributed by atoms with Crippen LogP contribution < -0.4 is 0 Å². The van der Waals surface area contributed by atoms with Gasteiger partial charge in [-0.2, -0.15) is 0 Å². The molecule has 1 aliphatic heterocycles. The van der Waals surface area contributed by atoms with E-state index in [1.165, 1.54) is 102 Å². The van der Waals surface area contributed by atoms with Gasteiger partial charge in [0, 0.05) is 6.10 Å². The van der Waals surface area contributed by atoms with Gasteiger partial charge in [0.15, 0.2) is 8.32 Å². The van der Waals surface area contributed by atoms with Gasteiger partial charge in [-0.15, -0.1) is 0 Å². The molecule has 0 bridgehead atoms. The molecule has 0 aromatic heterocycles. The Balaban J connectivity index is 1.89. The van der Waals surface area contributed by atoms with Crippen LogP contribution in [0.4, 0.5) is 0 Å². The maximum absolute atomic E-state index is 6.50. The van der Waals surface area contributed by atoms with Crippen molar-refractivity contribution < 1.29 is 4.43 Å². The molecule has 0 aromatic rings. The fraction of sp³-hybridized carbons (Fsp3) is 1.00. The zero-order chi connectivity index (χ0) is 16.1. The molecule has 1 saturated heterocycles. The fourth-order valence-electron chi connectivity index (χ4n) is 3.88. The van der Waals surface area contributed by atoms with Crippen molar-refractivity contribution in [2.75, 3.05) is 0 Å². The summed E-state index contributed by atoms with van der Waals surface area (Å²) in [6.07, 6.45) is 20.4. The van der Waals surface area contributed by atoms with Crippen molar-refractivity contribution in [3.05, 3.63) is 0 Å². The van der Waals surface area contributed by atoms with E-state index in [1.54, 1.807) is 0 Å². The lowest BCUT2D eigenvalue weighted by molar-refractivity contribution is 0.189. The van der Waals surface area contributed by atoms with E-state index in [9.17, 15) is 0 Å². The molecule has 1 fully saturated rings. The molecule has 1 aliphatic rings. The Hall–Kier alpha value is 0.177. The van der Waals surface area contributed by atoms with Gasteiger partial charge in [0.25, 0.3) is 0 Å². The van der Waals surface area contributed by atoms with Crippen molar-refractivity contribution in [2.24, 2.45) is 0 Å². The average molecular weight is 327 g/mol. The Morgan fingerprint density at radius 1 is 0.773 bits per heavy atom. The van der Waals surface area contributed by atoms with Crippen LogP contribution in [0, 0.1) is 0 Å². The second-order valence-corrected chi connectivity index (χ2v) is 12.0. The molecule has 0 amide bonds. The van der Waals surface area contributed by atoms with Gasteiger partial charge in [-0.3, -0.25) is 0 Å². The number of hydrogen-bond donors (Lipinski definition) is 0. The van der Waals surface area contributed by atoms with Gasteiger partial charge in [-0.25, -0.2) is 0 Å². The van der Waals surface area contributed by atoms with E-state index in [-0.39, 0.29) is 0 Å². The number of unbranched alkanes of at least 4 members (excludes halogenated alkanes) is 9. The molecule has 0 radical (unpaired) electrons. The molecule has 0 saturated carbocycles. The van der Waals surface area contributed by atoms with Gasteiger partial charge in [-0.05, 0) is 32.0 Å². The van der Waals surface area contributed by atoms with Crippen LogP contribution in [0.3, 0.4) is 0 Å². The third kappa shape index (κ3) is 10.0. The Kier molecular flexibility index (Phi) is 11.6. The molecule has 0 spiro atoms. The predicted molar refractivity (Wildman–Crippen MR) is 102 cm³/mol. The smallest absolute Gasteiger partial charge is 0.190 e. The van der Waals surface area contributed by atoms with Crippen molar-refractivity contribution in [2.45, 2.75) is 128 Å². The maximum Gasteiger partial charge on any atom is 0.190 e. The van der Waals surface area contributed by atoms with Crippen LogP contribution >= 0.6 is 0 Å². The first-order chi connectivity index (χ1) is 10.7. The molecule has 1 rings (SSSR count). The van der Waals surface area contributed by atoms with E-state index < -0.39 is 8.32 Å². The van der Waals surface area contributed by atoms with Crippen LogP contribution in [0.2, 0.25) is 18.6 Å². The normalized spacial score (nSPS) is 19.2. The molecule has 1 atom stereocenters. The summed E-state index contributed by atoms with van der Waals surface area (Å²) in [5, 5.41) is 0. The average Bonchev–Trinajstić information content (AvgIpc) is 2.49. The summed E-state index contributed by atoms with van der Waals surface area (Å²) in [4.78, 5) is 0. The van der Waals surface area contributed by atoms with E-state index in [2.05, 4.69) is 20.4 Å². The summed E-state index contributed by atoms with van der Waals surface area (Å²) in [7, 11) is -1.30. The third-order valence-corrected chi connectivity index (χ3v) is 9.16. The first-order valence-electron chi connectivity index (χ1n) is 10.3. The molecular weight excluding hydrogens is 284 g/mol. The molecule has 2 heteroatoms. The van der Waals surface area contributed by atoms with Crippen LogP contribution in [0.15, 0.2) is 0 Å². The van der Waals surface area contributed by atoms with E-state index >= 15 is 0 Å². The lowest BCUT2D eigenvalue weighted by Gasteiger charge is -2.34. The topological polar surface area (TPSA) is 9.23 Å². The second kappa shape index (κ2) is 12.6. The van der Waals surface area contributed by atoms with Crippen molar-refractivity contribution in [3.63, 3.8) is 0 Å². The first kappa shape index (κ1) is 20.2. The van der Waals surface area contributed by atoms with Gasteiger partial charge in [0.05, 0.1) is 0 Å². The highest BCUT2D eigenvalue weighted by molar-refractivity contribution is 6.72. The monoisotopic (exact) mass is 326 g/mol. The summed E-state index contributed by atoms with van der Waals surface area (Å²) in [6, 6.07) is 2.82. The Morgan fingerprint density at radius 2 is 1.27 bits per heavy atom. The van der Waals surface area contributed by atoms with Gasteiger partial charge in [-0.1, -0.05) is 90.4 Å². The molecule has 0 N–H and O–H groups in total. The summed E-state index contributed by atoms with van der Waals surface area (Å²) in [5.74, 6) is 0. The summed E-state index contributed by atoms with van der Waals surface area (Å²) in [6.45, 7) is 7.09. The standard InChI is InChI=1S/C20H42OSi/c1-4-5-6-7-8-9-10-11-12-14-17-20(2)21-22(3)18-15-13-16-19-22/h20H,4-19H2,1-3H3. The molecule has 0 aromatic carbocycles. The van der Waals surface area contributed by atoms with Crippen LogP contribution in [0.5, 0.6) is 0 Å². The minimum atomic E-state index is -1.30. The fourth-order valence-corrected chi connectivity index (χ4v) is 7.45. The predicted octanol–water partition coefficient (Wildman–Crippen LogP) is 7.46. The molecule has 1 heterocycles. The van der Waals surface area contributed by atoms with E-state index in [4.69, 9.17) is 4.43 Å². The second-order valence-electron chi connectivity index (χ2n) is 7.91. The first-order valence-corrected chi connectivity index (χ1v) is 13.2. The van der Waals surface area contributed by atoms with E-state index in [1.807, 2.05) is 0 Å². The van der Waals surface area contributed by atoms with Gasteiger partial charge < -0.3 is 4.43 Å². The van der Waals surface area contributed by atoms with Crippen LogP contribution in [-0.2, 0) is 4.43 Å². The van der Waals surface area contributed by atoms with Crippen molar-refractivity contribution >= 4 is 8.32 Å².